The van der Waals surface area contributed by atoms with Gasteiger partial charge in [-0.05, 0) is 30.9 Å². The molecule has 0 atom stereocenters. The van der Waals surface area contributed by atoms with E-state index in [1.54, 1.807) is 11.3 Å². The van der Waals surface area contributed by atoms with Crippen molar-refractivity contribution in [1.82, 2.24) is 0 Å². The SMILES string of the molecule is CC(C)(C=O)c1ccsc1C1OCCO1. The summed E-state index contributed by atoms with van der Waals surface area (Å²) in [4.78, 5) is 12.0. The minimum atomic E-state index is -0.468. The molecule has 2 heterocycles. The van der Waals surface area contributed by atoms with Crippen LogP contribution in [-0.2, 0) is 19.7 Å². The Bertz CT molecular complexity index is 350. The van der Waals surface area contributed by atoms with E-state index >= 15 is 0 Å². The van der Waals surface area contributed by atoms with Crippen LogP contribution in [0.15, 0.2) is 11.4 Å². The Balaban J connectivity index is 2.32. The molecule has 0 N–H and O–H groups in total. The first kappa shape index (κ1) is 10.8. The van der Waals surface area contributed by atoms with Gasteiger partial charge in [-0.2, -0.15) is 0 Å². The molecule has 0 aliphatic carbocycles. The molecule has 0 saturated carbocycles. The van der Waals surface area contributed by atoms with Crippen LogP contribution in [0.5, 0.6) is 0 Å². The first-order chi connectivity index (χ1) is 7.15. The summed E-state index contributed by atoms with van der Waals surface area (Å²) in [6.07, 6.45) is 0.687. The van der Waals surface area contributed by atoms with Crippen LogP contribution in [0.2, 0.25) is 0 Å². The van der Waals surface area contributed by atoms with Crippen molar-refractivity contribution in [3.05, 3.63) is 21.9 Å². The predicted octanol–water partition coefficient (Wildman–Crippen LogP) is 2.27. The van der Waals surface area contributed by atoms with Crippen LogP contribution in [-0.4, -0.2) is 19.5 Å². The van der Waals surface area contributed by atoms with Gasteiger partial charge in [-0.15, -0.1) is 11.3 Å². The zero-order chi connectivity index (χ0) is 10.9. The molecule has 1 aliphatic heterocycles. The molecule has 1 aliphatic rings. The quantitative estimate of drug-likeness (QED) is 0.742. The van der Waals surface area contributed by atoms with Crippen molar-refractivity contribution in [3.63, 3.8) is 0 Å². The smallest absolute Gasteiger partial charge is 0.193 e. The molecule has 2 rings (SSSR count). The fourth-order valence-electron chi connectivity index (χ4n) is 1.61. The van der Waals surface area contributed by atoms with Gasteiger partial charge in [0.15, 0.2) is 6.29 Å². The monoisotopic (exact) mass is 226 g/mol. The van der Waals surface area contributed by atoms with Crippen molar-refractivity contribution in [3.8, 4) is 0 Å². The molecule has 0 spiro atoms. The summed E-state index contributed by atoms with van der Waals surface area (Å²) in [5.74, 6) is 0. The molecular weight excluding hydrogens is 212 g/mol. The van der Waals surface area contributed by atoms with Gasteiger partial charge >= 0.3 is 0 Å². The minimum absolute atomic E-state index is 0.278. The van der Waals surface area contributed by atoms with Crippen molar-refractivity contribution in [2.24, 2.45) is 0 Å². The molecule has 1 saturated heterocycles. The molecule has 3 nitrogen and oxygen atoms in total. The topological polar surface area (TPSA) is 35.5 Å². The number of thiophene rings is 1. The summed E-state index contributed by atoms with van der Waals surface area (Å²) in [6.45, 7) is 5.06. The fraction of sp³-hybridized carbons (Fsp3) is 0.545. The molecule has 4 heteroatoms. The summed E-state index contributed by atoms with van der Waals surface area (Å²) < 4.78 is 10.9. The third kappa shape index (κ3) is 1.97. The fourth-order valence-corrected chi connectivity index (χ4v) is 2.67. The van der Waals surface area contributed by atoms with Crippen molar-refractivity contribution in [2.75, 3.05) is 13.2 Å². The Hall–Kier alpha value is -0.710. The number of rotatable bonds is 3. The maximum absolute atomic E-state index is 11.0. The van der Waals surface area contributed by atoms with Gasteiger partial charge in [0, 0.05) is 5.41 Å². The van der Waals surface area contributed by atoms with E-state index in [9.17, 15) is 4.79 Å². The molecule has 0 radical (unpaired) electrons. The highest BCUT2D eigenvalue weighted by Crippen LogP contribution is 2.36. The Morgan fingerprint density at radius 1 is 1.47 bits per heavy atom. The summed E-state index contributed by atoms with van der Waals surface area (Å²) in [5, 5.41) is 1.97. The van der Waals surface area contributed by atoms with Gasteiger partial charge in [0.25, 0.3) is 0 Å². The van der Waals surface area contributed by atoms with Crippen LogP contribution in [0.25, 0.3) is 0 Å². The lowest BCUT2D eigenvalue weighted by Crippen LogP contribution is -2.20. The summed E-state index contributed by atoms with van der Waals surface area (Å²) in [5.41, 5.74) is 0.541. The average molecular weight is 226 g/mol. The number of aldehydes is 1. The molecule has 1 aromatic heterocycles. The summed E-state index contributed by atoms with van der Waals surface area (Å²) in [7, 11) is 0. The first-order valence-corrected chi connectivity index (χ1v) is 5.80. The molecule has 0 aromatic carbocycles. The average Bonchev–Trinajstić information content (AvgIpc) is 2.87. The van der Waals surface area contributed by atoms with Gasteiger partial charge in [-0.1, -0.05) is 0 Å². The molecule has 1 aromatic rings. The third-order valence-electron chi connectivity index (χ3n) is 2.52. The lowest BCUT2D eigenvalue weighted by molar-refractivity contribution is -0.111. The van der Waals surface area contributed by atoms with Gasteiger partial charge in [-0.25, -0.2) is 0 Å². The highest BCUT2D eigenvalue weighted by atomic mass is 32.1. The van der Waals surface area contributed by atoms with Crippen molar-refractivity contribution in [1.29, 1.82) is 0 Å². The minimum Gasteiger partial charge on any atom is -0.345 e. The molecule has 0 unspecified atom stereocenters. The Morgan fingerprint density at radius 2 is 2.13 bits per heavy atom. The molecular formula is C11H14O3S. The molecule has 0 amide bonds. The third-order valence-corrected chi connectivity index (χ3v) is 3.46. The zero-order valence-electron chi connectivity index (χ0n) is 8.86. The Kier molecular flexibility index (Phi) is 2.91. The van der Waals surface area contributed by atoms with Crippen LogP contribution in [0.4, 0.5) is 0 Å². The highest BCUT2D eigenvalue weighted by molar-refractivity contribution is 7.10. The van der Waals surface area contributed by atoms with Crippen LogP contribution in [0, 0.1) is 0 Å². The molecule has 82 valence electrons. The standard InChI is InChI=1S/C11H14O3S/c1-11(2,7-12)8-3-6-15-9(8)10-13-4-5-14-10/h3,6-7,10H,4-5H2,1-2H3. The second-order valence-corrected chi connectivity index (χ2v) is 5.06. The second kappa shape index (κ2) is 4.04. The normalized spacial score (nSPS) is 18.3. The maximum atomic E-state index is 11.0. The number of hydrogen-bond donors (Lipinski definition) is 0. The number of carbonyl (C=O) groups is 1. The highest BCUT2D eigenvalue weighted by Gasteiger charge is 2.30. The molecule has 0 bridgehead atoms. The van der Waals surface area contributed by atoms with E-state index in [0.717, 1.165) is 16.7 Å². The van der Waals surface area contributed by atoms with E-state index in [1.807, 2.05) is 25.3 Å². The van der Waals surface area contributed by atoms with E-state index in [0.29, 0.717) is 13.2 Å². The lowest BCUT2D eigenvalue weighted by atomic mass is 9.86. The number of ether oxygens (including phenoxy) is 2. The zero-order valence-corrected chi connectivity index (χ0v) is 9.67. The molecule has 15 heavy (non-hydrogen) atoms. The maximum Gasteiger partial charge on any atom is 0.193 e. The van der Waals surface area contributed by atoms with Crippen LogP contribution < -0.4 is 0 Å². The van der Waals surface area contributed by atoms with Crippen LogP contribution >= 0.6 is 11.3 Å². The van der Waals surface area contributed by atoms with Crippen LogP contribution in [0.3, 0.4) is 0 Å². The van der Waals surface area contributed by atoms with Gasteiger partial charge in [0.2, 0.25) is 0 Å². The molecule has 1 fully saturated rings. The van der Waals surface area contributed by atoms with E-state index < -0.39 is 5.41 Å². The van der Waals surface area contributed by atoms with Gasteiger partial charge in [0.05, 0.1) is 18.1 Å². The van der Waals surface area contributed by atoms with Gasteiger partial charge in [0.1, 0.15) is 6.29 Å². The van der Waals surface area contributed by atoms with Crippen molar-refractivity contribution < 1.29 is 14.3 Å². The van der Waals surface area contributed by atoms with E-state index in [1.165, 1.54) is 0 Å². The number of carbonyl (C=O) groups excluding carboxylic acids is 1. The Morgan fingerprint density at radius 3 is 2.73 bits per heavy atom. The van der Waals surface area contributed by atoms with E-state index in [-0.39, 0.29) is 6.29 Å². The number of hydrogen-bond acceptors (Lipinski definition) is 4. The predicted molar refractivity (Wildman–Crippen MR) is 58.1 cm³/mol. The van der Waals surface area contributed by atoms with Crippen molar-refractivity contribution in [2.45, 2.75) is 25.6 Å². The lowest BCUT2D eigenvalue weighted by Gasteiger charge is -2.19. The first-order valence-electron chi connectivity index (χ1n) is 4.92. The van der Waals surface area contributed by atoms with Gasteiger partial charge < -0.3 is 14.3 Å². The van der Waals surface area contributed by atoms with Gasteiger partial charge in [-0.3, -0.25) is 0 Å². The summed E-state index contributed by atoms with van der Waals surface area (Å²) in [6, 6.07) is 1.97. The summed E-state index contributed by atoms with van der Waals surface area (Å²) >= 11 is 1.58. The largest absolute Gasteiger partial charge is 0.345 e. The van der Waals surface area contributed by atoms with Crippen LogP contribution in [0.1, 0.15) is 30.6 Å². The van der Waals surface area contributed by atoms with Crippen molar-refractivity contribution >= 4 is 17.6 Å². The van der Waals surface area contributed by atoms with E-state index in [2.05, 4.69) is 0 Å². The van der Waals surface area contributed by atoms with E-state index in [4.69, 9.17) is 9.47 Å². The second-order valence-electron chi connectivity index (χ2n) is 4.11. The Labute approximate surface area is 93.0 Å².